The summed E-state index contributed by atoms with van der Waals surface area (Å²) in [6, 6.07) is 8.42. The maximum absolute atomic E-state index is 13.1. The fraction of sp³-hybridized carbons (Fsp3) is 0.478. The van der Waals surface area contributed by atoms with E-state index in [9.17, 15) is 8.78 Å². The van der Waals surface area contributed by atoms with Crippen LogP contribution in [-0.4, -0.2) is 45.2 Å². The molecule has 1 saturated heterocycles. The van der Waals surface area contributed by atoms with Gasteiger partial charge in [0, 0.05) is 33.9 Å². The quantitative estimate of drug-likeness (QED) is 0.490. The SMILES string of the molecule is C[C@@H]1[C@H](C2(C)Cc3c(Nc4ccc5scnc5c4)ccnc3S2)CCCN1CC(F)F. The molecule has 3 atom stereocenters. The number of thiazole rings is 1. The highest BCUT2D eigenvalue weighted by Gasteiger charge is 2.47. The molecule has 4 heterocycles. The third kappa shape index (κ3) is 4.05. The number of fused-ring (bicyclic) bond motifs is 2. The second kappa shape index (κ2) is 8.30. The number of aromatic nitrogens is 2. The molecule has 8 heteroatoms. The van der Waals surface area contributed by atoms with Crippen LogP contribution in [0.3, 0.4) is 0 Å². The third-order valence-corrected chi connectivity index (χ3v) is 9.03. The highest BCUT2D eigenvalue weighted by atomic mass is 32.2. The Balaban J connectivity index is 1.39. The number of likely N-dealkylation sites (tertiary alicyclic amines) is 1. The first-order valence-electron chi connectivity index (χ1n) is 10.7. The molecule has 2 aliphatic heterocycles. The molecule has 1 fully saturated rings. The van der Waals surface area contributed by atoms with Gasteiger partial charge in [0.25, 0.3) is 6.43 Å². The second-order valence-corrected chi connectivity index (χ2v) is 11.2. The van der Waals surface area contributed by atoms with Crippen molar-refractivity contribution < 1.29 is 8.78 Å². The van der Waals surface area contributed by atoms with Gasteiger partial charge in [0.2, 0.25) is 0 Å². The van der Waals surface area contributed by atoms with Gasteiger partial charge < -0.3 is 5.32 Å². The van der Waals surface area contributed by atoms with Crippen molar-refractivity contribution in [3.63, 3.8) is 0 Å². The van der Waals surface area contributed by atoms with E-state index in [-0.39, 0.29) is 17.3 Å². The molecule has 164 valence electrons. The minimum Gasteiger partial charge on any atom is -0.355 e. The largest absolute Gasteiger partial charge is 0.355 e. The molecule has 0 amide bonds. The van der Waals surface area contributed by atoms with E-state index in [0.717, 1.165) is 47.7 Å². The van der Waals surface area contributed by atoms with E-state index in [1.807, 2.05) is 34.4 Å². The Hall–Kier alpha value is -1.77. The van der Waals surface area contributed by atoms with Crippen LogP contribution in [0.1, 0.15) is 32.3 Å². The molecule has 1 unspecified atom stereocenters. The molecule has 2 aliphatic rings. The lowest BCUT2D eigenvalue weighted by Gasteiger charge is -2.46. The Labute approximate surface area is 189 Å². The van der Waals surface area contributed by atoms with E-state index in [4.69, 9.17) is 0 Å². The zero-order valence-electron chi connectivity index (χ0n) is 17.6. The lowest BCUT2D eigenvalue weighted by molar-refractivity contribution is 0.0239. The van der Waals surface area contributed by atoms with Gasteiger partial charge in [-0.25, -0.2) is 18.7 Å². The normalized spacial score (nSPS) is 26.5. The topological polar surface area (TPSA) is 41.1 Å². The van der Waals surface area contributed by atoms with Gasteiger partial charge in [0.15, 0.2) is 0 Å². The summed E-state index contributed by atoms with van der Waals surface area (Å²) in [7, 11) is 0. The predicted octanol–water partition coefficient (Wildman–Crippen LogP) is 6.21. The number of alkyl halides is 2. The van der Waals surface area contributed by atoms with Crippen molar-refractivity contribution in [2.75, 3.05) is 18.4 Å². The number of thioether (sulfide) groups is 1. The first kappa shape index (κ1) is 21.1. The van der Waals surface area contributed by atoms with Crippen molar-refractivity contribution in [1.82, 2.24) is 14.9 Å². The van der Waals surface area contributed by atoms with Crippen LogP contribution in [-0.2, 0) is 6.42 Å². The predicted molar refractivity (Wildman–Crippen MR) is 125 cm³/mol. The molecule has 0 bridgehead atoms. The summed E-state index contributed by atoms with van der Waals surface area (Å²) in [4.78, 5) is 11.1. The van der Waals surface area contributed by atoms with Crippen LogP contribution in [0.4, 0.5) is 20.2 Å². The zero-order chi connectivity index (χ0) is 21.6. The van der Waals surface area contributed by atoms with Crippen molar-refractivity contribution in [2.45, 2.75) is 55.4 Å². The number of nitrogens with zero attached hydrogens (tertiary/aromatic N) is 3. The molecule has 31 heavy (non-hydrogen) atoms. The summed E-state index contributed by atoms with van der Waals surface area (Å²) in [5.74, 6) is 0.346. The Kier molecular flexibility index (Phi) is 5.65. The van der Waals surface area contributed by atoms with Crippen LogP contribution in [0.25, 0.3) is 10.2 Å². The van der Waals surface area contributed by atoms with Crippen LogP contribution in [0.15, 0.2) is 41.0 Å². The number of hydrogen-bond donors (Lipinski definition) is 1. The van der Waals surface area contributed by atoms with E-state index >= 15 is 0 Å². The average molecular weight is 461 g/mol. The summed E-state index contributed by atoms with van der Waals surface area (Å²) in [5, 5.41) is 4.63. The monoisotopic (exact) mass is 460 g/mol. The molecule has 1 N–H and O–H groups in total. The summed E-state index contributed by atoms with van der Waals surface area (Å²) in [6.45, 7) is 5.05. The van der Waals surface area contributed by atoms with Gasteiger partial charge in [-0.1, -0.05) is 11.8 Å². The number of halogens is 2. The average Bonchev–Trinajstić information content (AvgIpc) is 3.33. The van der Waals surface area contributed by atoms with Crippen LogP contribution in [0.5, 0.6) is 0 Å². The molecular formula is C23H26F2N4S2. The molecule has 3 aromatic rings. The fourth-order valence-corrected chi connectivity index (χ4v) is 7.42. The molecule has 0 aliphatic carbocycles. The highest BCUT2D eigenvalue weighted by molar-refractivity contribution is 8.01. The number of hydrogen-bond acceptors (Lipinski definition) is 6. The molecule has 5 rings (SSSR count). The molecule has 2 aromatic heterocycles. The highest BCUT2D eigenvalue weighted by Crippen LogP contribution is 2.53. The number of benzene rings is 1. The summed E-state index contributed by atoms with van der Waals surface area (Å²) in [6.07, 6.45) is 2.51. The van der Waals surface area contributed by atoms with Gasteiger partial charge in [-0.3, -0.25) is 4.90 Å². The van der Waals surface area contributed by atoms with E-state index in [1.54, 1.807) is 11.3 Å². The minimum atomic E-state index is -2.28. The van der Waals surface area contributed by atoms with E-state index in [2.05, 4.69) is 47.3 Å². The minimum absolute atomic E-state index is 0.0494. The van der Waals surface area contributed by atoms with Crippen molar-refractivity contribution in [3.05, 3.63) is 41.5 Å². The molecule has 1 aromatic carbocycles. The van der Waals surface area contributed by atoms with E-state index < -0.39 is 6.43 Å². The smallest absolute Gasteiger partial charge is 0.251 e. The summed E-state index contributed by atoms with van der Waals surface area (Å²) < 4.78 is 27.3. The zero-order valence-corrected chi connectivity index (χ0v) is 19.3. The Morgan fingerprint density at radius 2 is 2.16 bits per heavy atom. The number of rotatable bonds is 5. The van der Waals surface area contributed by atoms with E-state index in [1.165, 1.54) is 10.3 Å². The molecule has 0 spiro atoms. The van der Waals surface area contributed by atoms with Gasteiger partial charge in [-0.2, -0.15) is 0 Å². The first-order chi connectivity index (χ1) is 14.9. The van der Waals surface area contributed by atoms with Crippen molar-refractivity contribution >= 4 is 44.7 Å². The fourth-order valence-electron chi connectivity index (χ4n) is 5.22. The Bertz CT molecular complexity index is 1090. The molecular weight excluding hydrogens is 434 g/mol. The van der Waals surface area contributed by atoms with Crippen LogP contribution in [0, 0.1) is 5.92 Å². The Morgan fingerprint density at radius 1 is 1.29 bits per heavy atom. The summed E-state index contributed by atoms with van der Waals surface area (Å²) in [5.41, 5.74) is 6.17. The number of pyridine rings is 1. The lowest BCUT2D eigenvalue weighted by atomic mass is 9.77. The first-order valence-corrected chi connectivity index (χ1v) is 12.4. The molecule has 4 nitrogen and oxygen atoms in total. The van der Waals surface area contributed by atoms with Crippen molar-refractivity contribution in [3.8, 4) is 0 Å². The summed E-state index contributed by atoms with van der Waals surface area (Å²) >= 11 is 3.46. The van der Waals surface area contributed by atoms with Crippen molar-refractivity contribution in [2.24, 2.45) is 5.92 Å². The maximum Gasteiger partial charge on any atom is 0.251 e. The molecule has 0 radical (unpaired) electrons. The van der Waals surface area contributed by atoms with Gasteiger partial charge in [0.1, 0.15) is 5.03 Å². The van der Waals surface area contributed by atoms with Crippen LogP contribution in [0.2, 0.25) is 0 Å². The number of piperidine rings is 1. The standard InChI is InChI=1S/C23H26F2N4S2/c1-14-17(4-3-9-29(14)12-21(24)25)23(2)11-16-18(7-8-26-22(16)31-23)28-15-5-6-20-19(10-15)27-13-30-20/h5-8,10,13-14,17,21H,3-4,9,11-12H2,1-2H3,(H,26,28)/t14-,17-,23?/m1/s1. The third-order valence-electron chi connectivity index (χ3n) is 6.76. The van der Waals surface area contributed by atoms with Gasteiger partial charge in [0.05, 0.1) is 22.3 Å². The number of anilines is 2. The molecule has 0 saturated carbocycles. The van der Waals surface area contributed by atoms with Gasteiger partial charge >= 0.3 is 0 Å². The Morgan fingerprint density at radius 3 is 3.00 bits per heavy atom. The second-order valence-electron chi connectivity index (χ2n) is 8.77. The lowest BCUT2D eigenvalue weighted by Crippen LogP contribution is -2.52. The maximum atomic E-state index is 13.1. The van der Waals surface area contributed by atoms with Crippen molar-refractivity contribution in [1.29, 1.82) is 0 Å². The van der Waals surface area contributed by atoms with Crippen LogP contribution < -0.4 is 5.32 Å². The van der Waals surface area contributed by atoms with Gasteiger partial charge in [-0.05, 0) is 69.8 Å². The van der Waals surface area contributed by atoms with E-state index in [0.29, 0.717) is 5.92 Å². The van der Waals surface area contributed by atoms with Gasteiger partial charge in [-0.15, -0.1) is 11.3 Å². The number of nitrogens with one attached hydrogen (secondary N) is 1. The van der Waals surface area contributed by atoms with Crippen LogP contribution >= 0.6 is 23.1 Å².